The summed E-state index contributed by atoms with van der Waals surface area (Å²) in [5, 5.41) is 11.6. The molecule has 0 spiro atoms. The lowest BCUT2D eigenvalue weighted by atomic mass is 10.1. The third-order valence-electron chi connectivity index (χ3n) is 1.85. The number of nitrogens with zero attached hydrogens (tertiary/aromatic N) is 1. The van der Waals surface area contributed by atoms with Gasteiger partial charge in [-0.3, -0.25) is 4.79 Å². The molecule has 80 valence electrons. The zero-order valence-corrected chi connectivity index (χ0v) is 8.74. The molecule has 0 aliphatic rings. The zero-order valence-electron chi connectivity index (χ0n) is 7.98. The maximum atomic E-state index is 11.4. The van der Waals surface area contributed by atoms with E-state index in [2.05, 4.69) is 5.16 Å². The molecule has 1 rings (SSSR count). The van der Waals surface area contributed by atoms with Gasteiger partial charge in [-0.05, 0) is 11.6 Å². The van der Waals surface area contributed by atoms with Gasteiger partial charge in [-0.15, -0.1) is 0 Å². The average Bonchev–Trinajstić information content (AvgIpc) is 2.21. The molecule has 0 heterocycles. The van der Waals surface area contributed by atoms with Gasteiger partial charge in [0.1, 0.15) is 11.6 Å². The van der Waals surface area contributed by atoms with Crippen LogP contribution >= 0.6 is 11.6 Å². The quantitative estimate of drug-likeness (QED) is 0.354. The van der Waals surface area contributed by atoms with Gasteiger partial charge in [0.15, 0.2) is 0 Å². The number of carbonyl (C=O) groups is 1. The molecule has 0 bridgehead atoms. The number of hydrogen-bond acceptors (Lipinski definition) is 3. The number of nitrogens with two attached hydrogens (primary N) is 1. The second-order valence-electron chi connectivity index (χ2n) is 3.07. The van der Waals surface area contributed by atoms with Gasteiger partial charge >= 0.3 is 0 Å². The van der Waals surface area contributed by atoms with Crippen LogP contribution in [0.4, 0.5) is 0 Å². The molecule has 0 aromatic heterocycles. The van der Waals surface area contributed by atoms with Gasteiger partial charge in [0.05, 0.1) is 6.42 Å². The molecule has 0 atom stereocenters. The van der Waals surface area contributed by atoms with Crippen molar-refractivity contribution in [2.45, 2.75) is 12.8 Å². The zero-order chi connectivity index (χ0) is 11.3. The molecule has 15 heavy (non-hydrogen) atoms. The summed E-state index contributed by atoms with van der Waals surface area (Å²) in [4.78, 5) is 11.4. The van der Waals surface area contributed by atoms with E-state index in [-0.39, 0.29) is 24.5 Å². The van der Waals surface area contributed by atoms with E-state index in [1.807, 2.05) is 0 Å². The lowest BCUT2D eigenvalue weighted by Crippen LogP contribution is -2.18. The average molecular weight is 227 g/mol. The third-order valence-corrected chi connectivity index (χ3v) is 2.22. The van der Waals surface area contributed by atoms with Crippen molar-refractivity contribution in [2.24, 2.45) is 10.9 Å². The van der Waals surface area contributed by atoms with Gasteiger partial charge in [0, 0.05) is 11.4 Å². The van der Waals surface area contributed by atoms with E-state index in [9.17, 15) is 4.79 Å². The van der Waals surface area contributed by atoms with Gasteiger partial charge in [-0.25, -0.2) is 0 Å². The summed E-state index contributed by atoms with van der Waals surface area (Å²) >= 11 is 5.88. The summed E-state index contributed by atoms with van der Waals surface area (Å²) in [5.74, 6) is -0.231. The molecular formula is C10H11ClN2O2. The Bertz CT molecular complexity index is 391. The fourth-order valence-corrected chi connectivity index (χ4v) is 1.36. The summed E-state index contributed by atoms with van der Waals surface area (Å²) < 4.78 is 0. The smallest absolute Gasteiger partial charge is 0.146 e. The maximum Gasteiger partial charge on any atom is 0.146 e. The number of rotatable bonds is 4. The standard InChI is InChI=1S/C10H11ClN2O2/c11-9-4-2-1-3-7(9)5-8(14)6-10(12)13-15/h1-4,15H,5-6H2,(H2,12,13). The lowest BCUT2D eigenvalue weighted by molar-refractivity contribution is -0.117. The molecule has 0 saturated heterocycles. The number of hydrogen-bond donors (Lipinski definition) is 2. The molecule has 0 saturated carbocycles. The Kier molecular flexibility index (Phi) is 4.12. The van der Waals surface area contributed by atoms with Crippen molar-refractivity contribution < 1.29 is 10.0 Å². The summed E-state index contributed by atoms with van der Waals surface area (Å²) in [7, 11) is 0. The summed E-state index contributed by atoms with van der Waals surface area (Å²) in [5.41, 5.74) is 5.96. The van der Waals surface area contributed by atoms with E-state index in [0.29, 0.717) is 5.02 Å². The molecule has 4 nitrogen and oxygen atoms in total. The molecule has 3 N–H and O–H groups in total. The van der Waals surface area contributed by atoms with Crippen molar-refractivity contribution in [3.8, 4) is 0 Å². The van der Waals surface area contributed by atoms with E-state index in [1.165, 1.54) is 0 Å². The Morgan fingerprint density at radius 1 is 1.47 bits per heavy atom. The van der Waals surface area contributed by atoms with Crippen LogP contribution in [-0.4, -0.2) is 16.8 Å². The first kappa shape index (κ1) is 11.5. The van der Waals surface area contributed by atoms with Crippen molar-refractivity contribution in [1.29, 1.82) is 0 Å². The van der Waals surface area contributed by atoms with Crippen molar-refractivity contribution in [3.63, 3.8) is 0 Å². The van der Waals surface area contributed by atoms with Gasteiger partial charge in [0.2, 0.25) is 0 Å². The lowest BCUT2D eigenvalue weighted by Gasteiger charge is -2.02. The Labute approximate surface area is 92.3 Å². The summed E-state index contributed by atoms with van der Waals surface area (Å²) in [6.45, 7) is 0. The van der Waals surface area contributed by atoms with Crippen LogP contribution in [0.15, 0.2) is 29.4 Å². The number of oxime groups is 1. The van der Waals surface area contributed by atoms with Crippen LogP contribution in [0.25, 0.3) is 0 Å². The molecule has 0 fully saturated rings. The number of Topliss-reactive ketones (excluding diaryl/α,β-unsaturated/α-hetero) is 1. The van der Waals surface area contributed by atoms with E-state index < -0.39 is 0 Å². The minimum atomic E-state index is -0.140. The van der Waals surface area contributed by atoms with Crippen LogP contribution in [0.1, 0.15) is 12.0 Å². The van der Waals surface area contributed by atoms with Crippen molar-refractivity contribution in [2.75, 3.05) is 0 Å². The highest BCUT2D eigenvalue weighted by Gasteiger charge is 2.08. The monoisotopic (exact) mass is 226 g/mol. The minimum Gasteiger partial charge on any atom is -0.409 e. The highest BCUT2D eigenvalue weighted by molar-refractivity contribution is 6.31. The SMILES string of the molecule is N/C(CC(=O)Cc1ccccc1Cl)=N\O. The van der Waals surface area contributed by atoms with Gasteiger partial charge in [-0.2, -0.15) is 0 Å². The van der Waals surface area contributed by atoms with Crippen LogP contribution in [0.2, 0.25) is 5.02 Å². The van der Waals surface area contributed by atoms with Crippen molar-refractivity contribution >= 4 is 23.2 Å². The summed E-state index contributed by atoms with van der Waals surface area (Å²) in [6, 6.07) is 7.08. The second-order valence-corrected chi connectivity index (χ2v) is 3.48. The number of halogens is 1. The van der Waals surface area contributed by atoms with Gasteiger partial charge in [0.25, 0.3) is 0 Å². The molecule has 1 aromatic rings. The number of benzene rings is 1. The Morgan fingerprint density at radius 2 is 2.13 bits per heavy atom. The van der Waals surface area contributed by atoms with E-state index in [0.717, 1.165) is 5.56 Å². The fourth-order valence-electron chi connectivity index (χ4n) is 1.15. The van der Waals surface area contributed by atoms with Crippen LogP contribution in [0, 0.1) is 0 Å². The predicted molar refractivity (Wildman–Crippen MR) is 58.2 cm³/mol. The van der Waals surface area contributed by atoms with E-state index in [4.69, 9.17) is 22.5 Å². The van der Waals surface area contributed by atoms with E-state index in [1.54, 1.807) is 24.3 Å². The van der Waals surface area contributed by atoms with Gasteiger partial charge in [-0.1, -0.05) is 35.0 Å². The molecule has 0 unspecified atom stereocenters. The Balaban J connectivity index is 2.63. The first-order valence-electron chi connectivity index (χ1n) is 4.35. The second kappa shape index (κ2) is 5.36. The Hall–Kier alpha value is -1.55. The first-order chi connectivity index (χ1) is 7.13. The van der Waals surface area contributed by atoms with Crippen molar-refractivity contribution in [1.82, 2.24) is 0 Å². The maximum absolute atomic E-state index is 11.4. The van der Waals surface area contributed by atoms with Crippen LogP contribution in [0.3, 0.4) is 0 Å². The van der Waals surface area contributed by atoms with Crippen LogP contribution in [-0.2, 0) is 11.2 Å². The highest BCUT2D eigenvalue weighted by Crippen LogP contribution is 2.15. The molecule has 5 heteroatoms. The first-order valence-corrected chi connectivity index (χ1v) is 4.72. The van der Waals surface area contributed by atoms with E-state index >= 15 is 0 Å². The topological polar surface area (TPSA) is 75.7 Å². The number of ketones is 1. The van der Waals surface area contributed by atoms with Gasteiger partial charge < -0.3 is 10.9 Å². The third kappa shape index (κ3) is 3.59. The Morgan fingerprint density at radius 3 is 2.73 bits per heavy atom. The minimum absolute atomic E-state index is 0.0677. The number of amidine groups is 1. The predicted octanol–water partition coefficient (Wildman–Crippen LogP) is 1.59. The number of carbonyl (C=O) groups excluding carboxylic acids is 1. The molecule has 1 aromatic carbocycles. The normalized spacial score (nSPS) is 11.4. The molecule has 0 radical (unpaired) electrons. The molecular weight excluding hydrogens is 216 g/mol. The largest absolute Gasteiger partial charge is 0.409 e. The van der Waals surface area contributed by atoms with Crippen LogP contribution < -0.4 is 5.73 Å². The molecule has 0 amide bonds. The molecule has 0 aliphatic carbocycles. The highest BCUT2D eigenvalue weighted by atomic mass is 35.5. The fraction of sp³-hybridized carbons (Fsp3) is 0.200. The van der Waals surface area contributed by atoms with Crippen LogP contribution in [0.5, 0.6) is 0 Å². The summed E-state index contributed by atoms with van der Waals surface area (Å²) in [6.07, 6.45) is 0.123. The molecule has 0 aliphatic heterocycles. The van der Waals surface area contributed by atoms with Crippen molar-refractivity contribution in [3.05, 3.63) is 34.9 Å².